The number of amides is 1. The highest BCUT2D eigenvalue weighted by Gasteiger charge is 2.30. The summed E-state index contributed by atoms with van der Waals surface area (Å²) in [4.78, 5) is 25.6. The minimum atomic E-state index is 0.183. The maximum absolute atomic E-state index is 12.5. The van der Waals surface area contributed by atoms with E-state index in [0.717, 1.165) is 19.6 Å². The molecule has 2 aliphatic heterocycles. The van der Waals surface area contributed by atoms with E-state index in [4.69, 9.17) is 4.52 Å². The molecule has 2 aromatic rings. The van der Waals surface area contributed by atoms with E-state index in [1.807, 2.05) is 23.1 Å². The Morgan fingerprint density at radius 3 is 3.08 bits per heavy atom. The molecule has 1 unspecified atom stereocenters. The van der Waals surface area contributed by atoms with Crippen LogP contribution in [0.3, 0.4) is 0 Å². The summed E-state index contributed by atoms with van der Waals surface area (Å²) in [7, 11) is 0. The monoisotopic (exact) mass is 341 g/mol. The number of hydrogen-bond donors (Lipinski definition) is 0. The summed E-state index contributed by atoms with van der Waals surface area (Å²) in [6.07, 6.45) is 6.36. The molecule has 0 bridgehead atoms. The van der Waals surface area contributed by atoms with Gasteiger partial charge in [0.1, 0.15) is 5.69 Å². The average molecular weight is 341 g/mol. The van der Waals surface area contributed by atoms with E-state index in [9.17, 15) is 4.79 Å². The molecule has 25 heavy (non-hydrogen) atoms. The highest BCUT2D eigenvalue weighted by Crippen LogP contribution is 2.21. The average Bonchev–Trinajstić information content (AvgIpc) is 3.15. The van der Waals surface area contributed by atoms with E-state index in [0.29, 0.717) is 36.3 Å². The van der Waals surface area contributed by atoms with Crippen LogP contribution in [0.2, 0.25) is 0 Å². The number of aromatic nitrogens is 3. The van der Waals surface area contributed by atoms with Crippen molar-refractivity contribution in [3.8, 4) is 11.5 Å². The van der Waals surface area contributed by atoms with E-state index >= 15 is 0 Å². The van der Waals surface area contributed by atoms with Gasteiger partial charge in [-0.1, -0.05) is 17.6 Å². The SMILES string of the molecule is O=C(CCc1nc(-c2ccccn2)no1)N1CCN2CCCCC2C1. The van der Waals surface area contributed by atoms with Gasteiger partial charge in [0.05, 0.1) is 0 Å². The smallest absolute Gasteiger partial charge is 0.227 e. The van der Waals surface area contributed by atoms with Crippen molar-refractivity contribution in [3.63, 3.8) is 0 Å². The van der Waals surface area contributed by atoms with Crippen LogP contribution in [0.5, 0.6) is 0 Å². The lowest BCUT2D eigenvalue weighted by Gasteiger charge is -2.44. The fourth-order valence-electron chi connectivity index (χ4n) is 3.71. The molecule has 4 heterocycles. The van der Waals surface area contributed by atoms with Crippen LogP contribution in [0.25, 0.3) is 11.5 Å². The summed E-state index contributed by atoms with van der Waals surface area (Å²) in [5.74, 6) is 1.15. The zero-order chi connectivity index (χ0) is 17.1. The topological polar surface area (TPSA) is 75.4 Å². The van der Waals surface area contributed by atoms with Gasteiger partial charge in [-0.3, -0.25) is 14.7 Å². The van der Waals surface area contributed by atoms with Crippen molar-refractivity contribution in [1.29, 1.82) is 0 Å². The van der Waals surface area contributed by atoms with E-state index < -0.39 is 0 Å². The van der Waals surface area contributed by atoms with Crippen LogP contribution in [0.1, 0.15) is 31.6 Å². The van der Waals surface area contributed by atoms with Crippen molar-refractivity contribution in [2.45, 2.75) is 38.1 Å². The first kappa shape index (κ1) is 16.2. The van der Waals surface area contributed by atoms with Gasteiger partial charge in [0.2, 0.25) is 17.6 Å². The Kier molecular flexibility index (Phi) is 4.74. The Labute approximate surface area is 147 Å². The molecule has 1 amide bonds. The first-order valence-corrected chi connectivity index (χ1v) is 9.05. The highest BCUT2D eigenvalue weighted by molar-refractivity contribution is 5.76. The summed E-state index contributed by atoms with van der Waals surface area (Å²) in [5, 5.41) is 3.95. The number of carbonyl (C=O) groups is 1. The van der Waals surface area contributed by atoms with Crippen LogP contribution in [0, 0.1) is 0 Å². The molecule has 0 saturated carbocycles. The molecule has 4 rings (SSSR count). The second-order valence-corrected chi connectivity index (χ2v) is 6.75. The molecule has 7 nitrogen and oxygen atoms in total. The summed E-state index contributed by atoms with van der Waals surface area (Å²) in [6.45, 7) is 3.88. The number of pyridine rings is 1. The highest BCUT2D eigenvalue weighted by atomic mass is 16.5. The number of fused-ring (bicyclic) bond motifs is 1. The second-order valence-electron chi connectivity index (χ2n) is 6.75. The Bertz CT molecular complexity index is 717. The van der Waals surface area contributed by atoms with Gasteiger partial charge in [0.25, 0.3) is 0 Å². The summed E-state index contributed by atoms with van der Waals surface area (Å²) < 4.78 is 5.26. The fraction of sp³-hybridized carbons (Fsp3) is 0.556. The number of carbonyl (C=O) groups excluding carboxylic acids is 1. The number of nitrogens with zero attached hydrogens (tertiary/aromatic N) is 5. The number of rotatable bonds is 4. The van der Waals surface area contributed by atoms with Gasteiger partial charge in [-0.25, -0.2) is 0 Å². The third-order valence-corrected chi connectivity index (χ3v) is 5.10. The van der Waals surface area contributed by atoms with Crippen LogP contribution in [-0.4, -0.2) is 63.1 Å². The Hall–Kier alpha value is -2.28. The van der Waals surface area contributed by atoms with Gasteiger partial charge < -0.3 is 9.42 Å². The van der Waals surface area contributed by atoms with Crippen LogP contribution < -0.4 is 0 Å². The maximum atomic E-state index is 12.5. The molecule has 2 aromatic heterocycles. The van der Waals surface area contributed by atoms with Gasteiger partial charge in [0.15, 0.2) is 0 Å². The quantitative estimate of drug-likeness (QED) is 0.843. The van der Waals surface area contributed by atoms with Gasteiger partial charge >= 0.3 is 0 Å². The predicted octanol–water partition coefficient (Wildman–Crippen LogP) is 1.76. The minimum Gasteiger partial charge on any atom is -0.340 e. The zero-order valence-corrected chi connectivity index (χ0v) is 14.3. The van der Waals surface area contributed by atoms with Gasteiger partial charge in [-0.2, -0.15) is 4.98 Å². The fourth-order valence-corrected chi connectivity index (χ4v) is 3.71. The standard InChI is InChI=1S/C18H23N5O2/c24-17(23-12-11-22-10-4-2-5-14(22)13-23)8-7-16-20-18(21-25-16)15-6-1-3-9-19-15/h1,3,6,9,14H,2,4-5,7-8,10-13H2. The lowest BCUT2D eigenvalue weighted by molar-refractivity contribution is -0.134. The lowest BCUT2D eigenvalue weighted by atomic mass is 9.99. The molecule has 7 heteroatoms. The van der Waals surface area contributed by atoms with Crippen molar-refractivity contribution >= 4 is 5.91 Å². The Morgan fingerprint density at radius 1 is 1.24 bits per heavy atom. The molecule has 2 aliphatic rings. The number of piperazine rings is 1. The van der Waals surface area contributed by atoms with E-state index in [2.05, 4.69) is 20.0 Å². The molecule has 0 N–H and O–H groups in total. The third-order valence-electron chi connectivity index (χ3n) is 5.10. The molecule has 2 saturated heterocycles. The van der Waals surface area contributed by atoms with Crippen LogP contribution in [-0.2, 0) is 11.2 Å². The largest absolute Gasteiger partial charge is 0.340 e. The molecule has 0 spiro atoms. The number of piperidine rings is 1. The van der Waals surface area contributed by atoms with Crippen molar-refractivity contribution in [1.82, 2.24) is 24.9 Å². The van der Waals surface area contributed by atoms with Crippen molar-refractivity contribution < 1.29 is 9.32 Å². The molecular formula is C18H23N5O2. The molecule has 1 atom stereocenters. The van der Waals surface area contributed by atoms with Crippen molar-refractivity contribution in [2.24, 2.45) is 0 Å². The first-order valence-electron chi connectivity index (χ1n) is 9.05. The summed E-state index contributed by atoms with van der Waals surface area (Å²) in [5.41, 5.74) is 0.678. The summed E-state index contributed by atoms with van der Waals surface area (Å²) in [6, 6.07) is 6.11. The third kappa shape index (κ3) is 3.71. The molecular weight excluding hydrogens is 318 g/mol. The zero-order valence-electron chi connectivity index (χ0n) is 14.3. The Balaban J connectivity index is 1.31. The lowest BCUT2D eigenvalue weighted by Crippen LogP contribution is -2.56. The van der Waals surface area contributed by atoms with Gasteiger partial charge in [0, 0.05) is 44.7 Å². The second kappa shape index (κ2) is 7.31. The Morgan fingerprint density at radius 2 is 2.20 bits per heavy atom. The van der Waals surface area contributed by atoms with E-state index in [1.165, 1.54) is 25.8 Å². The van der Waals surface area contributed by atoms with Crippen molar-refractivity contribution in [3.05, 3.63) is 30.3 Å². The minimum absolute atomic E-state index is 0.183. The van der Waals surface area contributed by atoms with Gasteiger partial charge in [-0.15, -0.1) is 0 Å². The summed E-state index contributed by atoms with van der Waals surface area (Å²) >= 11 is 0. The van der Waals surface area contributed by atoms with Crippen molar-refractivity contribution in [2.75, 3.05) is 26.2 Å². The van der Waals surface area contributed by atoms with E-state index in [1.54, 1.807) is 6.20 Å². The molecule has 0 aliphatic carbocycles. The predicted molar refractivity (Wildman–Crippen MR) is 91.6 cm³/mol. The van der Waals surface area contributed by atoms with E-state index in [-0.39, 0.29) is 5.91 Å². The maximum Gasteiger partial charge on any atom is 0.227 e. The van der Waals surface area contributed by atoms with Crippen LogP contribution in [0.4, 0.5) is 0 Å². The molecule has 2 fully saturated rings. The van der Waals surface area contributed by atoms with Crippen LogP contribution in [0.15, 0.2) is 28.9 Å². The van der Waals surface area contributed by atoms with Gasteiger partial charge in [-0.05, 0) is 31.5 Å². The number of hydrogen-bond acceptors (Lipinski definition) is 6. The molecule has 132 valence electrons. The first-order chi connectivity index (χ1) is 12.3. The molecule has 0 radical (unpaired) electrons. The normalized spacial score (nSPS) is 21.1. The number of aryl methyl sites for hydroxylation is 1. The molecule has 0 aromatic carbocycles. The van der Waals surface area contributed by atoms with Crippen LogP contribution >= 0.6 is 0 Å².